The average molecular weight is 223 g/mol. The van der Waals surface area contributed by atoms with Gasteiger partial charge in [0, 0.05) is 12.1 Å². The topological polar surface area (TPSA) is 50.7 Å². The van der Waals surface area contributed by atoms with Crippen molar-refractivity contribution in [1.29, 1.82) is 0 Å². The van der Waals surface area contributed by atoms with E-state index in [1.807, 2.05) is 25.1 Å². The van der Waals surface area contributed by atoms with Gasteiger partial charge in [0.15, 0.2) is 11.5 Å². The minimum Gasteiger partial charge on any atom is -0.490 e. The normalized spacial score (nSPS) is 19.5. The molecule has 1 atom stereocenters. The van der Waals surface area contributed by atoms with E-state index in [9.17, 15) is 5.11 Å². The van der Waals surface area contributed by atoms with E-state index in [0.717, 1.165) is 23.6 Å². The number of benzene rings is 1. The van der Waals surface area contributed by atoms with E-state index in [4.69, 9.17) is 9.47 Å². The number of fused-ring (bicyclic) bond motifs is 1. The lowest BCUT2D eigenvalue weighted by Crippen LogP contribution is -2.25. The van der Waals surface area contributed by atoms with Crippen LogP contribution in [0.4, 0.5) is 0 Å². The summed E-state index contributed by atoms with van der Waals surface area (Å²) < 4.78 is 11.2. The predicted octanol–water partition coefficient (Wildman–Crippen LogP) is 1.10. The van der Waals surface area contributed by atoms with Gasteiger partial charge in [-0.05, 0) is 13.0 Å². The molecule has 2 N–H and O–H groups in total. The number of rotatable bonds is 3. The zero-order chi connectivity index (χ0) is 11.4. The molecular weight excluding hydrogens is 206 g/mol. The first-order valence-electron chi connectivity index (χ1n) is 5.59. The molecule has 88 valence electrons. The summed E-state index contributed by atoms with van der Waals surface area (Å²) >= 11 is 0. The Hall–Kier alpha value is -1.26. The number of nitrogens with one attached hydrogen (secondary N) is 1. The first-order valence-corrected chi connectivity index (χ1v) is 5.59. The molecule has 1 unspecified atom stereocenters. The van der Waals surface area contributed by atoms with Crippen LogP contribution in [0, 0.1) is 0 Å². The Bertz CT molecular complexity index is 354. The second kappa shape index (κ2) is 5.18. The number of hydrogen-bond acceptors (Lipinski definition) is 4. The van der Waals surface area contributed by atoms with Crippen molar-refractivity contribution in [2.24, 2.45) is 0 Å². The predicted molar refractivity (Wildman–Crippen MR) is 60.9 cm³/mol. The summed E-state index contributed by atoms with van der Waals surface area (Å²) in [6.45, 7) is 3.93. The third-order valence-electron chi connectivity index (χ3n) is 2.61. The Morgan fingerprint density at radius 3 is 3.19 bits per heavy atom. The van der Waals surface area contributed by atoms with Gasteiger partial charge < -0.3 is 19.9 Å². The van der Waals surface area contributed by atoms with Crippen LogP contribution in [0.5, 0.6) is 11.5 Å². The van der Waals surface area contributed by atoms with Gasteiger partial charge in [0.1, 0.15) is 6.61 Å². The first kappa shape index (κ1) is 11.2. The van der Waals surface area contributed by atoms with Crippen molar-refractivity contribution in [3.63, 3.8) is 0 Å². The van der Waals surface area contributed by atoms with Crippen LogP contribution in [0.25, 0.3) is 0 Å². The Morgan fingerprint density at radius 2 is 2.44 bits per heavy atom. The van der Waals surface area contributed by atoms with E-state index in [2.05, 4.69) is 5.32 Å². The fourth-order valence-corrected chi connectivity index (χ4v) is 1.89. The largest absolute Gasteiger partial charge is 0.490 e. The van der Waals surface area contributed by atoms with E-state index < -0.39 is 0 Å². The third kappa shape index (κ3) is 2.13. The third-order valence-corrected chi connectivity index (χ3v) is 2.61. The molecule has 0 radical (unpaired) electrons. The van der Waals surface area contributed by atoms with Crippen molar-refractivity contribution in [3.8, 4) is 11.5 Å². The number of aliphatic hydroxyl groups excluding tert-OH is 1. The lowest BCUT2D eigenvalue weighted by atomic mass is 10.1. The summed E-state index contributed by atoms with van der Waals surface area (Å²) in [5.74, 6) is 1.51. The molecule has 0 spiro atoms. The highest BCUT2D eigenvalue weighted by molar-refractivity contribution is 5.48. The zero-order valence-electron chi connectivity index (χ0n) is 9.40. The second-order valence-electron chi connectivity index (χ2n) is 3.65. The van der Waals surface area contributed by atoms with Crippen LogP contribution in [-0.4, -0.2) is 31.5 Å². The van der Waals surface area contributed by atoms with E-state index in [-0.39, 0.29) is 12.6 Å². The first-order chi connectivity index (χ1) is 7.86. The Labute approximate surface area is 95.2 Å². The highest BCUT2D eigenvalue weighted by Gasteiger charge is 2.21. The molecule has 2 rings (SSSR count). The fourth-order valence-electron chi connectivity index (χ4n) is 1.89. The molecule has 0 bridgehead atoms. The monoisotopic (exact) mass is 223 g/mol. The van der Waals surface area contributed by atoms with Gasteiger partial charge >= 0.3 is 0 Å². The number of para-hydroxylation sites is 1. The van der Waals surface area contributed by atoms with E-state index >= 15 is 0 Å². The second-order valence-corrected chi connectivity index (χ2v) is 3.65. The molecule has 0 amide bonds. The molecule has 0 saturated heterocycles. The van der Waals surface area contributed by atoms with E-state index in [0.29, 0.717) is 13.2 Å². The maximum Gasteiger partial charge on any atom is 0.166 e. The molecule has 4 nitrogen and oxygen atoms in total. The van der Waals surface area contributed by atoms with Crippen LogP contribution in [-0.2, 0) is 0 Å². The molecule has 0 fully saturated rings. The fraction of sp³-hybridized carbons (Fsp3) is 0.500. The smallest absolute Gasteiger partial charge is 0.166 e. The van der Waals surface area contributed by atoms with Crippen molar-refractivity contribution in [2.75, 3.05) is 26.4 Å². The minimum absolute atomic E-state index is 0.0614. The molecule has 1 aliphatic rings. The van der Waals surface area contributed by atoms with Crippen molar-refractivity contribution < 1.29 is 14.6 Å². The molecule has 16 heavy (non-hydrogen) atoms. The van der Waals surface area contributed by atoms with Crippen molar-refractivity contribution >= 4 is 0 Å². The summed E-state index contributed by atoms with van der Waals surface area (Å²) in [6.07, 6.45) is 0. The molecule has 0 aromatic heterocycles. The lowest BCUT2D eigenvalue weighted by Gasteiger charge is -2.16. The van der Waals surface area contributed by atoms with Crippen LogP contribution in [0.1, 0.15) is 18.5 Å². The molecule has 1 aromatic carbocycles. The highest BCUT2D eigenvalue weighted by Crippen LogP contribution is 2.36. The summed E-state index contributed by atoms with van der Waals surface area (Å²) in [7, 11) is 0. The molecule has 0 aliphatic carbocycles. The summed E-state index contributed by atoms with van der Waals surface area (Å²) in [4.78, 5) is 0. The van der Waals surface area contributed by atoms with Gasteiger partial charge in [-0.15, -0.1) is 0 Å². The molecule has 1 aromatic rings. The summed E-state index contributed by atoms with van der Waals surface area (Å²) in [6, 6.07) is 5.69. The van der Waals surface area contributed by atoms with Gasteiger partial charge in [0.2, 0.25) is 0 Å². The van der Waals surface area contributed by atoms with Crippen LogP contribution in [0.15, 0.2) is 18.2 Å². The Balaban J connectivity index is 2.38. The van der Waals surface area contributed by atoms with Crippen molar-refractivity contribution in [1.82, 2.24) is 5.32 Å². The number of ether oxygens (including phenoxy) is 2. The lowest BCUT2D eigenvalue weighted by molar-refractivity contribution is 0.245. The van der Waals surface area contributed by atoms with Gasteiger partial charge in [-0.2, -0.15) is 0 Å². The standard InChI is InChI=1S/C12H17NO3/c1-2-15-11-5-3-4-9-10(8-14)13-6-7-16-12(9)11/h3-5,10,13-14H,2,6-8H2,1H3. The highest BCUT2D eigenvalue weighted by atomic mass is 16.5. The molecule has 1 aliphatic heterocycles. The van der Waals surface area contributed by atoms with Crippen LogP contribution in [0.3, 0.4) is 0 Å². The van der Waals surface area contributed by atoms with Gasteiger partial charge in [-0.1, -0.05) is 12.1 Å². The molecular formula is C12H17NO3. The number of aliphatic hydroxyl groups is 1. The van der Waals surface area contributed by atoms with Gasteiger partial charge in [-0.3, -0.25) is 0 Å². The van der Waals surface area contributed by atoms with Gasteiger partial charge in [0.25, 0.3) is 0 Å². The SMILES string of the molecule is CCOc1cccc2c1OCCNC2CO. The maximum absolute atomic E-state index is 9.32. The number of hydrogen-bond donors (Lipinski definition) is 2. The average Bonchev–Trinajstić information content (AvgIpc) is 2.52. The van der Waals surface area contributed by atoms with Gasteiger partial charge in [0.05, 0.1) is 19.3 Å². The summed E-state index contributed by atoms with van der Waals surface area (Å²) in [5.41, 5.74) is 0.964. The minimum atomic E-state index is -0.0714. The van der Waals surface area contributed by atoms with E-state index in [1.54, 1.807) is 0 Å². The summed E-state index contributed by atoms with van der Waals surface area (Å²) in [5, 5.41) is 12.6. The van der Waals surface area contributed by atoms with Crippen LogP contribution >= 0.6 is 0 Å². The maximum atomic E-state index is 9.32. The van der Waals surface area contributed by atoms with E-state index in [1.165, 1.54) is 0 Å². The Morgan fingerprint density at radius 1 is 1.56 bits per heavy atom. The van der Waals surface area contributed by atoms with Crippen LogP contribution < -0.4 is 14.8 Å². The van der Waals surface area contributed by atoms with Crippen LogP contribution in [0.2, 0.25) is 0 Å². The molecule has 4 heteroatoms. The van der Waals surface area contributed by atoms with Gasteiger partial charge in [-0.25, -0.2) is 0 Å². The zero-order valence-corrected chi connectivity index (χ0v) is 9.40. The quantitative estimate of drug-likeness (QED) is 0.805. The molecule has 0 saturated carbocycles. The molecule has 1 heterocycles. The Kier molecular flexibility index (Phi) is 3.64. The van der Waals surface area contributed by atoms with Crippen molar-refractivity contribution in [3.05, 3.63) is 23.8 Å². The van der Waals surface area contributed by atoms with Crippen molar-refractivity contribution in [2.45, 2.75) is 13.0 Å².